The van der Waals surface area contributed by atoms with E-state index in [1.807, 2.05) is 18.2 Å². The second kappa shape index (κ2) is 6.49. The number of hydrazone groups is 1. The Kier molecular flexibility index (Phi) is 4.47. The number of aromatic nitrogens is 2. The largest absolute Gasteiger partial charge is 0.383 e. The van der Waals surface area contributed by atoms with Crippen molar-refractivity contribution >= 4 is 11.7 Å². The third-order valence-electron chi connectivity index (χ3n) is 2.87. The molecule has 0 bridgehead atoms. The molecule has 2 aromatic rings. The zero-order valence-corrected chi connectivity index (χ0v) is 11.5. The molecule has 0 amide bonds. The lowest BCUT2D eigenvalue weighted by atomic mass is 10.1. The summed E-state index contributed by atoms with van der Waals surface area (Å²) in [6.07, 6.45) is 6.74. The van der Waals surface area contributed by atoms with Gasteiger partial charge < -0.3 is 11.6 Å². The summed E-state index contributed by atoms with van der Waals surface area (Å²) in [6, 6.07) is 5.59. The van der Waals surface area contributed by atoms with Crippen molar-refractivity contribution in [1.29, 1.82) is 0 Å². The molecule has 2 aromatic heterocycles. The lowest BCUT2D eigenvalue weighted by molar-refractivity contribution is 0.488. The van der Waals surface area contributed by atoms with Crippen LogP contribution in [0.5, 0.6) is 0 Å². The molecule has 0 radical (unpaired) electrons. The molecule has 0 unspecified atom stereocenters. The quantitative estimate of drug-likeness (QED) is 0.250. The first-order chi connectivity index (χ1) is 10.2. The van der Waals surface area contributed by atoms with Gasteiger partial charge in [-0.15, -0.1) is 6.58 Å². The molecule has 7 nitrogen and oxygen atoms in total. The van der Waals surface area contributed by atoms with Gasteiger partial charge in [-0.1, -0.05) is 12.1 Å². The third-order valence-corrected chi connectivity index (χ3v) is 2.87. The Labute approximate surface area is 122 Å². The molecule has 2 rings (SSSR count). The van der Waals surface area contributed by atoms with Crippen LogP contribution in [0.15, 0.2) is 54.5 Å². The number of nitrogen functional groups attached to an aromatic ring is 1. The van der Waals surface area contributed by atoms with E-state index < -0.39 is 0 Å². The highest BCUT2D eigenvalue weighted by atomic mass is 15.4. The van der Waals surface area contributed by atoms with Gasteiger partial charge in [-0.3, -0.25) is 9.99 Å². The Hall–Kier alpha value is -2.93. The van der Waals surface area contributed by atoms with E-state index in [1.165, 1.54) is 5.01 Å². The van der Waals surface area contributed by atoms with Crippen molar-refractivity contribution in [1.82, 2.24) is 15.0 Å². The number of amidine groups is 1. The highest BCUT2D eigenvalue weighted by molar-refractivity contribution is 6.02. The first-order valence-electron chi connectivity index (χ1n) is 6.24. The lowest BCUT2D eigenvalue weighted by Gasteiger charge is -2.19. The number of rotatable bonds is 4. The maximum absolute atomic E-state index is 5.91. The van der Waals surface area contributed by atoms with Crippen LogP contribution in [0.25, 0.3) is 11.1 Å². The fourth-order valence-corrected chi connectivity index (χ4v) is 1.87. The molecular formula is C14H17N7. The fourth-order valence-electron chi connectivity index (χ4n) is 1.87. The average Bonchev–Trinajstić information content (AvgIpc) is 2.51. The van der Waals surface area contributed by atoms with Crippen LogP contribution in [0.2, 0.25) is 0 Å². The first kappa shape index (κ1) is 14.5. The van der Waals surface area contributed by atoms with Crippen molar-refractivity contribution in [2.45, 2.75) is 0 Å². The van der Waals surface area contributed by atoms with E-state index in [2.05, 4.69) is 21.6 Å². The molecule has 0 aliphatic heterocycles. The topological polar surface area (TPSA) is 119 Å². The monoisotopic (exact) mass is 283 g/mol. The van der Waals surface area contributed by atoms with Crippen LogP contribution < -0.4 is 17.4 Å². The maximum Gasteiger partial charge on any atom is 0.173 e. The molecule has 0 saturated heterocycles. The third kappa shape index (κ3) is 3.15. The van der Waals surface area contributed by atoms with Crippen molar-refractivity contribution in [3.63, 3.8) is 0 Å². The van der Waals surface area contributed by atoms with Crippen molar-refractivity contribution in [3.8, 4) is 11.1 Å². The fraction of sp³-hybridized carbons (Fsp3) is 0.0714. The van der Waals surface area contributed by atoms with Gasteiger partial charge in [0.2, 0.25) is 0 Å². The summed E-state index contributed by atoms with van der Waals surface area (Å²) in [5, 5.41) is 5.06. The van der Waals surface area contributed by atoms with Crippen LogP contribution in [0, 0.1) is 0 Å². The summed E-state index contributed by atoms with van der Waals surface area (Å²) in [6.45, 7) is 4.01. The summed E-state index contributed by atoms with van der Waals surface area (Å²) >= 11 is 0. The molecule has 0 aliphatic carbocycles. The van der Waals surface area contributed by atoms with Gasteiger partial charge in [-0.05, 0) is 12.1 Å². The summed E-state index contributed by atoms with van der Waals surface area (Å²) < 4.78 is 0. The van der Waals surface area contributed by atoms with Gasteiger partial charge >= 0.3 is 0 Å². The van der Waals surface area contributed by atoms with E-state index in [4.69, 9.17) is 17.4 Å². The van der Waals surface area contributed by atoms with E-state index in [0.717, 1.165) is 11.1 Å². The van der Waals surface area contributed by atoms with Gasteiger partial charge in [-0.25, -0.2) is 10.8 Å². The summed E-state index contributed by atoms with van der Waals surface area (Å²) in [4.78, 5) is 8.25. The number of hydrogen-bond acceptors (Lipinski definition) is 6. The lowest BCUT2D eigenvalue weighted by Crippen LogP contribution is -2.39. The summed E-state index contributed by atoms with van der Waals surface area (Å²) in [7, 11) is 0. The minimum atomic E-state index is 0.298. The van der Waals surface area contributed by atoms with E-state index in [1.54, 1.807) is 24.7 Å². The molecule has 6 N–H and O–H groups in total. The van der Waals surface area contributed by atoms with Crippen molar-refractivity contribution in [2.24, 2.45) is 16.8 Å². The van der Waals surface area contributed by atoms with Gasteiger partial charge in [0, 0.05) is 29.7 Å². The molecule has 21 heavy (non-hydrogen) atoms. The predicted molar refractivity (Wildman–Crippen MR) is 83.7 cm³/mol. The number of nitrogens with two attached hydrogens (primary N) is 3. The van der Waals surface area contributed by atoms with E-state index in [-0.39, 0.29) is 0 Å². The summed E-state index contributed by atoms with van der Waals surface area (Å²) in [5.74, 6) is 12.0. The SMILES string of the molecule is C=CCN(N)/C(=N\N)c1cc(-c2cccnc2)cnc1N. The Morgan fingerprint density at radius 2 is 2.19 bits per heavy atom. The van der Waals surface area contributed by atoms with Crippen LogP contribution in [-0.4, -0.2) is 27.4 Å². The smallest absolute Gasteiger partial charge is 0.173 e. The van der Waals surface area contributed by atoms with Crippen LogP contribution in [0.1, 0.15) is 5.56 Å². The highest BCUT2D eigenvalue weighted by Crippen LogP contribution is 2.22. The second-order valence-corrected chi connectivity index (χ2v) is 4.29. The van der Waals surface area contributed by atoms with Crippen molar-refractivity contribution < 1.29 is 0 Å². The Bertz CT molecular complexity index is 652. The van der Waals surface area contributed by atoms with Crippen LogP contribution in [0.3, 0.4) is 0 Å². The summed E-state index contributed by atoms with van der Waals surface area (Å²) in [5.41, 5.74) is 8.22. The van der Waals surface area contributed by atoms with E-state index in [0.29, 0.717) is 23.8 Å². The van der Waals surface area contributed by atoms with Gasteiger partial charge in [0.05, 0.1) is 12.1 Å². The molecule has 0 spiro atoms. The first-order valence-corrected chi connectivity index (χ1v) is 6.24. The van der Waals surface area contributed by atoms with Gasteiger partial charge in [-0.2, -0.15) is 5.10 Å². The van der Waals surface area contributed by atoms with Gasteiger partial charge in [0.15, 0.2) is 5.84 Å². The zero-order chi connectivity index (χ0) is 15.2. The van der Waals surface area contributed by atoms with Crippen LogP contribution >= 0.6 is 0 Å². The Morgan fingerprint density at radius 3 is 2.81 bits per heavy atom. The number of hydrogen-bond donors (Lipinski definition) is 3. The van der Waals surface area contributed by atoms with Crippen molar-refractivity contribution in [2.75, 3.05) is 12.3 Å². The standard InChI is InChI=1S/C14H17N7/c1-2-6-21(17)14(20-16)12-7-11(9-19-13(12)15)10-4-3-5-18-8-10/h2-5,7-9H,1,6,16-17H2,(H2,15,19)/b20-14-. The Morgan fingerprint density at radius 1 is 1.38 bits per heavy atom. The van der Waals surface area contributed by atoms with Crippen LogP contribution in [0.4, 0.5) is 5.82 Å². The molecule has 0 fully saturated rings. The van der Waals surface area contributed by atoms with Crippen LogP contribution in [-0.2, 0) is 0 Å². The zero-order valence-electron chi connectivity index (χ0n) is 11.5. The second-order valence-electron chi connectivity index (χ2n) is 4.29. The number of hydrazine groups is 1. The molecular weight excluding hydrogens is 266 g/mol. The molecule has 0 saturated carbocycles. The molecule has 108 valence electrons. The number of anilines is 1. The minimum absolute atomic E-state index is 0.298. The maximum atomic E-state index is 5.91. The molecule has 0 aromatic carbocycles. The molecule has 0 atom stereocenters. The molecule has 7 heteroatoms. The minimum Gasteiger partial charge on any atom is -0.383 e. The normalized spacial score (nSPS) is 11.2. The average molecular weight is 283 g/mol. The molecule has 2 heterocycles. The van der Waals surface area contributed by atoms with Crippen molar-refractivity contribution in [3.05, 3.63) is 55.0 Å². The van der Waals surface area contributed by atoms with Gasteiger partial charge in [0.1, 0.15) is 5.82 Å². The Balaban J connectivity index is 2.46. The molecule has 0 aliphatic rings. The predicted octanol–water partition coefficient (Wildman–Crippen LogP) is 0.708. The van der Waals surface area contributed by atoms with E-state index >= 15 is 0 Å². The number of nitrogens with zero attached hydrogens (tertiary/aromatic N) is 4. The van der Waals surface area contributed by atoms with E-state index in [9.17, 15) is 0 Å². The highest BCUT2D eigenvalue weighted by Gasteiger charge is 2.15. The number of pyridine rings is 2. The van der Waals surface area contributed by atoms with Gasteiger partial charge in [0.25, 0.3) is 0 Å².